The highest BCUT2D eigenvalue weighted by Crippen LogP contribution is 2.33. The van der Waals surface area contributed by atoms with Crippen LogP contribution in [0.4, 0.5) is 18.9 Å². The number of nitrogens with two attached hydrogens (primary N) is 1. The highest BCUT2D eigenvalue weighted by atomic mass is 35.5. The van der Waals surface area contributed by atoms with Crippen LogP contribution in [0.15, 0.2) is 41.4 Å². The molecule has 0 amide bonds. The molecule has 3 N–H and O–H groups in total. The standard InChI is InChI=1S/C16H12ClF3N2O3/c1-25-15(24)8-4-9(16(18,19)20)6-11(5-8)22-14(21)12-7-10(17)2-3-13(12)23/h2-7,23H,1H3,(H2,21,22). The third-order valence-electron chi connectivity index (χ3n) is 3.15. The number of halogens is 4. The summed E-state index contributed by atoms with van der Waals surface area (Å²) >= 11 is 5.80. The molecule has 0 aliphatic rings. The van der Waals surface area contributed by atoms with E-state index in [1.807, 2.05) is 0 Å². The van der Waals surface area contributed by atoms with Gasteiger partial charge in [-0.3, -0.25) is 0 Å². The molecule has 0 aromatic heterocycles. The average Bonchev–Trinajstić information content (AvgIpc) is 2.55. The zero-order chi connectivity index (χ0) is 18.8. The number of benzene rings is 2. The second kappa shape index (κ2) is 7.02. The maximum absolute atomic E-state index is 13.0. The minimum Gasteiger partial charge on any atom is -0.507 e. The Morgan fingerprint density at radius 1 is 1.24 bits per heavy atom. The molecule has 0 aliphatic heterocycles. The van der Waals surface area contributed by atoms with E-state index in [0.29, 0.717) is 6.07 Å². The maximum Gasteiger partial charge on any atom is 0.416 e. The predicted octanol–water partition coefficient (Wildman–Crippen LogP) is 3.89. The number of hydrogen-bond acceptors (Lipinski definition) is 4. The van der Waals surface area contributed by atoms with Gasteiger partial charge in [0.2, 0.25) is 0 Å². The molecule has 0 atom stereocenters. The zero-order valence-corrected chi connectivity index (χ0v) is 13.5. The Morgan fingerprint density at radius 3 is 2.52 bits per heavy atom. The summed E-state index contributed by atoms with van der Waals surface area (Å²) in [5, 5.41) is 10.0. The van der Waals surface area contributed by atoms with Gasteiger partial charge in [0, 0.05) is 5.02 Å². The second-order valence-corrected chi connectivity index (χ2v) is 5.35. The number of alkyl halides is 3. The Morgan fingerprint density at radius 2 is 1.92 bits per heavy atom. The summed E-state index contributed by atoms with van der Waals surface area (Å²) in [6, 6.07) is 6.46. The Bertz CT molecular complexity index is 851. The van der Waals surface area contributed by atoms with Crippen molar-refractivity contribution in [3.05, 3.63) is 58.1 Å². The predicted molar refractivity (Wildman–Crippen MR) is 86.3 cm³/mol. The van der Waals surface area contributed by atoms with Gasteiger partial charge < -0.3 is 15.6 Å². The van der Waals surface area contributed by atoms with Crippen molar-refractivity contribution in [2.45, 2.75) is 6.18 Å². The average molecular weight is 373 g/mol. The molecule has 0 spiro atoms. The number of phenolic OH excluding ortho intramolecular Hbond substituents is 1. The van der Waals surface area contributed by atoms with Crippen LogP contribution in [0, 0.1) is 0 Å². The number of aliphatic imine (C=N–C) groups is 1. The number of hydrogen-bond donors (Lipinski definition) is 2. The summed E-state index contributed by atoms with van der Waals surface area (Å²) in [6.07, 6.45) is -4.69. The molecule has 0 heterocycles. The summed E-state index contributed by atoms with van der Waals surface area (Å²) in [6.45, 7) is 0. The first kappa shape index (κ1) is 18.6. The zero-order valence-electron chi connectivity index (χ0n) is 12.8. The number of phenols is 1. The third-order valence-corrected chi connectivity index (χ3v) is 3.39. The number of carbonyl (C=O) groups excluding carboxylic acids is 1. The summed E-state index contributed by atoms with van der Waals surface area (Å²) < 4.78 is 43.5. The minimum atomic E-state index is -4.69. The van der Waals surface area contributed by atoms with E-state index in [1.54, 1.807) is 0 Å². The van der Waals surface area contributed by atoms with E-state index in [1.165, 1.54) is 18.2 Å². The SMILES string of the molecule is COC(=O)c1cc(N=C(N)c2cc(Cl)ccc2O)cc(C(F)(F)F)c1. The second-order valence-electron chi connectivity index (χ2n) is 4.92. The Hall–Kier alpha value is -2.74. The number of aromatic hydroxyl groups is 1. The molecular formula is C16H12ClF3N2O3. The van der Waals surface area contributed by atoms with E-state index in [4.69, 9.17) is 17.3 Å². The third kappa shape index (κ3) is 4.42. The maximum atomic E-state index is 13.0. The summed E-state index contributed by atoms with van der Waals surface area (Å²) in [5.41, 5.74) is 4.14. The first-order valence-electron chi connectivity index (χ1n) is 6.75. The lowest BCUT2D eigenvalue weighted by Gasteiger charge is -2.10. The molecule has 0 saturated carbocycles. The molecule has 132 valence electrons. The van der Waals surface area contributed by atoms with Crippen molar-refractivity contribution >= 4 is 29.1 Å². The van der Waals surface area contributed by atoms with Gasteiger partial charge in [-0.2, -0.15) is 13.2 Å². The molecule has 25 heavy (non-hydrogen) atoms. The van der Waals surface area contributed by atoms with Gasteiger partial charge in [0.05, 0.1) is 29.5 Å². The van der Waals surface area contributed by atoms with Crippen LogP contribution in [-0.4, -0.2) is 24.0 Å². The van der Waals surface area contributed by atoms with Gasteiger partial charge in [-0.15, -0.1) is 0 Å². The van der Waals surface area contributed by atoms with Crippen LogP contribution in [0.5, 0.6) is 5.75 Å². The lowest BCUT2D eigenvalue weighted by molar-refractivity contribution is -0.137. The van der Waals surface area contributed by atoms with Gasteiger partial charge in [0.1, 0.15) is 11.6 Å². The fourth-order valence-electron chi connectivity index (χ4n) is 1.99. The molecule has 0 unspecified atom stereocenters. The van der Waals surface area contributed by atoms with E-state index in [9.17, 15) is 23.1 Å². The lowest BCUT2D eigenvalue weighted by Crippen LogP contribution is -2.13. The topological polar surface area (TPSA) is 84.9 Å². The van der Waals surface area contributed by atoms with Crippen LogP contribution in [0.1, 0.15) is 21.5 Å². The van der Waals surface area contributed by atoms with Gasteiger partial charge in [-0.05, 0) is 36.4 Å². The molecule has 0 saturated heterocycles. The van der Waals surface area contributed by atoms with Crippen LogP contribution in [0.3, 0.4) is 0 Å². The van der Waals surface area contributed by atoms with Crippen molar-refractivity contribution in [3.8, 4) is 5.75 Å². The molecule has 2 aromatic carbocycles. The van der Waals surface area contributed by atoms with E-state index in [-0.39, 0.29) is 33.4 Å². The van der Waals surface area contributed by atoms with E-state index >= 15 is 0 Å². The van der Waals surface area contributed by atoms with Crippen LogP contribution in [0.2, 0.25) is 5.02 Å². The minimum absolute atomic E-state index is 0.0459. The van der Waals surface area contributed by atoms with Crippen molar-refractivity contribution in [2.75, 3.05) is 7.11 Å². The van der Waals surface area contributed by atoms with Crippen molar-refractivity contribution in [1.82, 2.24) is 0 Å². The van der Waals surface area contributed by atoms with Crippen molar-refractivity contribution in [2.24, 2.45) is 10.7 Å². The molecule has 0 fully saturated rings. The van der Waals surface area contributed by atoms with Gasteiger partial charge in [0.15, 0.2) is 0 Å². The first-order valence-corrected chi connectivity index (χ1v) is 7.13. The van der Waals surface area contributed by atoms with Crippen molar-refractivity contribution < 1.29 is 27.8 Å². The van der Waals surface area contributed by atoms with Crippen molar-refractivity contribution in [3.63, 3.8) is 0 Å². The monoisotopic (exact) mass is 372 g/mol. The molecular weight excluding hydrogens is 361 g/mol. The number of amidine groups is 1. The number of methoxy groups -OCH3 is 1. The van der Waals surface area contributed by atoms with Gasteiger partial charge >= 0.3 is 12.1 Å². The molecule has 5 nitrogen and oxygen atoms in total. The Labute approximate surface area is 145 Å². The van der Waals surface area contributed by atoms with Gasteiger partial charge in [0.25, 0.3) is 0 Å². The first-order chi connectivity index (χ1) is 11.6. The Kier molecular flexibility index (Phi) is 5.22. The van der Waals surface area contributed by atoms with Crippen LogP contribution in [0.25, 0.3) is 0 Å². The largest absolute Gasteiger partial charge is 0.507 e. The highest BCUT2D eigenvalue weighted by molar-refractivity contribution is 6.31. The lowest BCUT2D eigenvalue weighted by atomic mass is 10.1. The fraction of sp³-hybridized carbons (Fsp3) is 0.125. The summed E-state index contributed by atoms with van der Waals surface area (Å²) in [4.78, 5) is 15.4. The van der Waals surface area contributed by atoms with Crippen LogP contribution < -0.4 is 5.73 Å². The van der Waals surface area contributed by atoms with E-state index < -0.39 is 17.7 Å². The molecule has 2 rings (SSSR count). The van der Waals surface area contributed by atoms with E-state index in [2.05, 4.69) is 9.73 Å². The number of carbonyl (C=O) groups is 1. The Balaban J connectivity index is 2.57. The highest BCUT2D eigenvalue weighted by Gasteiger charge is 2.32. The fourth-order valence-corrected chi connectivity index (χ4v) is 2.16. The molecule has 2 aromatic rings. The molecule has 0 aliphatic carbocycles. The number of rotatable bonds is 3. The van der Waals surface area contributed by atoms with E-state index in [0.717, 1.165) is 19.2 Å². The quantitative estimate of drug-likeness (QED) is 0.486. The smallest absolute Gasteiger partial charge is 0.416 e. The van der Waals surface area contributed by atoms with Crippen LogP contribution in [-0.2, 0) is 10.9 Å². The molecule has 0 bridgehead atoms. The summed E-state index contributed by atoms with van der Waals surface area (Å²) in [5.74, 6) is -1.47. The van der Waals surface area contributed by atoms with Gasteiger partial charge in [-0.25, -0.2) is 9.79 Å². The molecule has 9 heteroatoms. The number of esters is 1. The summed E-state index contributed by atoms with van der Waals surface area (Å²) in [7, 11) is 1.05. The normalized spacial score (nSPS) is 12.1. The molecule has 0 radical (unpaired) electrons. The van der Waals surface area contributed by atoms with Crippen molar-refractivity contribution in [1.29, 1.82) is 0 Å². The number of ether oxygens (including phenoxy) is 1. The van der Waals surface area contributed by atoms with Crippen LogP contribution >= 0.6 is 11.6 Å². The van der Waals surface area contributed by atoms with Gasteiger partial charge in [-0.1, -0.05) is 11.6 Å². The number of nitrogens with zero attached hydrogens (tertiary/aromatic N) is 1.